The summed E-state index contributed by atoms with van der Waals surface area (Å²) in [5.41, 5.74) is 4.57. The number of benzene rings is 1. The zero-order chi connectivity index (χ0) is 23.5. The molecule has 9 nitrogen and oxygen atoms in total. The van der Waals surface area contributed by atoms with Gasteiger partial charge in [0.05, 0.1) is 16.9 Å². The maximum Gasteiger partial charge on any atom is 0.407 e. The van der Waals surface area contributed by atoms with Crippen molar-refractivity contribution in [1.29, 1.82) is 0 Å². The van der Waals surface area contributed by atoms with Gasteiger partial charge in [0.2, 0.25) is 5.91 Å². The number of hydrogen-bond acceptors (Lipinski definition) is 5. The largest absolute Gasteiger partial charge is 0.465 e. The van der Waals surface area contributed by atoms with Crippen molar-refractivity contribution in [2.75, 3.05) is 17.7 Å². The molecule has 1 atom stereocenters. The minimum atomic E-state index is -1.20. The van der Waals surface area contributed by atoms with Crippen molar-refractivity contribution in [3.8, 4) is 11.3 Å². The zero-order valence-corrected chi connectivity index (χ0v) is 18.4. The molecule has 2 amide bonds. The molecule has 1 aliphatic rings. The summed E-state index contributed by atoms with van der Waals surface area (Å²) in [6.45, 7) is 1.50. The molecule has 0 saturated carbocycles. The molecule has 0 saturated heterocycles. The van der Waals surface area contributed by atoms with Crippen molar-refractivity contribution in [3.63, 3.8) is 0 Å². The van der Waals surface area contributed by atoms with Gasteiger partial charge in [-0.3, -0.25) is 14.5 Å². The number of para-hydroxylation sites is 1. The van der Waals surface area contributed by atoms with Crippen LogP contribution in [0.2, 0.25) is 0 Å². The molecule has 33 heavy (non-hydrogen) atoms. The zero-order valence-electron chi connectivity index (χ0n) is 18.4. The van der Waals surface area contributed by atoms with Crippen LogP contribution in [0.4, 0.5) is 22.0 Å². The Kier molecular flexibility index (Phi) is 6.12. The van der Waals surface area contributed by atoms with Gasteiger partial charge in [0, 0.05) is 36.6 Å². The van der Waals surface area contributed by atoms with Crippen molar-refractivity contribution < 1.29 is 19.5 Å². The van der Waals surface area contributed by atoms with Crippen LogP contribution in [0.25, 0.3) is 11.3 Å². The first-order chi connectivity index (χ1) is 15.8. The second kappa shape index (κ2) is 9.15. The highest BCUT2D eigenvalue weighted by molar-refractivity contribution is 6.07. The van der Waals surface area contributed by atoms with Crippen molar-refractivity contribution >= 4 is 35.0 Å². The number of likely N-dealkylation sites (N-methyl/N-ethyl adjacent to an activating group) is 1. The van der Waals surface area contributed by atoms with Gasteiger partial charge in [-0.2, -0.15) is 0 Å². The summed E-state index contributed by atoms with van der Waals surface area (Å²) in [4.78, 5) is 44.9. The number of H-pyrrole nitrogens is 1. The van der Waals surface area contributed by atoms with Gasteiger partial charge in [-0.05, 0) is 44.0 Å². The molecule has 4 rings (SSSR count). The number of anilines is 3. The summed E-state index contributed by atoms with van der Waals surface area (Å²) >= 11 is 0. The van der Waals surface area contributed by atoms with Crippen molar-refractivity contribution in [2.24, 2.45) is 0 Å². The number of ketones is 1. The summed E-state index contributed by atoms with van der Waals surface area (Å²) in [7, 11) is 1.33. The smallest absolute Gasteiger partial charge is 0.407 e. The molecule has 0 fully saturated rings. The molecule has 0 spiro atoms. The van der Waals surface area contributed by atoms with Crippen LogP contribution in [0, 0.1) is 0 Å². The highest BCUT2D eigenvalue weighted by Gasteiger charge is 2.27. The number of aromatic amines is 1. The van der Waals surface area contributed by atoms with Gasteiger partial charge in [0.1, 0.15) is 11.9 Å². The molecule has 2 aromatic heterocycles. The summed E-state index contributed by atoms with van der Waals surface area (Å²) < 4.78 is 0. The van der Waals surface area contributed by atoms with E-state index in [4.69, 9.17) is 5.11 Å². The Morgan fingerprint density at radius 3 is 2.67 bits per heavy atom. The molecule has 2 heterocycles. The molecule has 9 heteroatoms. The third-order valence-corrected chi connectivity index (χ3v) is 5.79. The van der Waals surface area contributed by atoms with Crippen LogP contribution in [0.15, 0.2) is 48.7 Å². The number of carbonyl (C=O) groups is 3. The first kappa shape index (κ1) is 22.1. The predicted octanol–water partition coefficient (Wildman–Crippen LogP) is 4.28. The number of hydrogen-bond donors (Lipinski definition) is 4. The summed E-state index contributed by atoms with van der Waals surface area (Å²) in [6.07, 6.45) is 2.43. The van der Waals surface area contributed by atoms with Crippen LogP contribution >= 0.6 is 0 Å². The molecular weight excluding hydrogens is 422 g/mol. The van der Waals surface area contributed by atoms with E-state index in [1.54, 1.807) is 18.3 Å². The van der Waals surface area contributed by atoms with E-state index in [1.165, 1.54) is 14.0 Å². The minimum Gasteiger partial charge on any atom is -0.465 e. The van der Waals surface area contributed by atoms with E-state index in [9.17, 15) is 14.4 Å². The van der Waals surface area contributed by atoms with Crippen LogP contribution < -0.4 is 10.6 Å². The Labute approximate surface area is 190 Å². The quantitative estimate of drug-likeness (QED) is 0.447. The molecule has 1 aromatic carbocycles. The van der Waals surface area contributed by atoms with Gasteiger partial charge in [-0.1, -0.05) is 18.2 Å². The lowest BCUT2D eigenvalue weighted by Gasteiger charge is -2.20. The van der Waals surface area contributed by atoms with Crippen LogP contribution in [-0.2, 0) is 11.2 Å². The molecule has 170 valence electrons. The monoisotopic (exact) mass is 447 g/mol. The standard InChI is InChI=1S/C24H25N5O4/c1-14(29(2)24(32)33)23(31)28-19-13-15(11-12-25-19)21-22(26-16-7-4-3-5-8-16)20-17(27-21)9-6-10-18(20)30/h3-5,7-8,11-14,26-27H,6,9-10H2,1-2H3,(H,32,33)(H,25,28,31)/t14-/m0/s1. The Bertz CT molecular complexity index is 1200. The normalized spacial score (nSPS) is 13.7. The number of nitrogens with zero attached hydrogens (tertiary/aromatic N) is 2. The number of nitrogens with one attached hydrogen (secondary N) is 3. The van der Waals surface area contributed by atoms with Crippen LogP contribution in [0.5, 0.6) is 0 Å². The minimum absolute atomic E-state index is 0.0882. The number of amides is 2. The maximum absolute atomic E-state index is 12.8. The highest BCUT2D eigenvalue weighted by Crippen LogP contribution is 2.39. The van der Waals surface area contributed by atoms with Gasteiger partial charge >= 0.3 is 6.09 Å². The van der Waals surface area contributed by atoms with Gasteiger partial charge in [0.25, 0.3) is 0 Å². The van der Waals surface area contributed by atoms with Crippen molar-refractivity contribution in [3.05, 3.63) is 59.9 Å². The Balaban J connectivity index is 1.69. The lowest BCUT2D eigenvalue weighted by molar-refractivity contribution is -0.119. The second-order valence-electron chi connectivity index (χ2n) is 7.98. The lowest BCUT2D eigenvalue weighted by atomic mass is 9.95. The topological polar surface area (TPSA) is 127 Å². The lowest BCUT2D eigenvalue weighted by Crippen LogP contribution is -2.42. The molecular formula is C24H25N5O4. The number of aromatic nitrogens is 2. The highest BCUT2D eigenvalue weighted by atomic mass is 16.4. The van der Waals surface area contributed by atoms with Crippen molar-refractivity contribution in [2.45, 2.75) is 32.2 Å². The van der Waals surface area contributed by atoms with Crippen molar-refractivity contribution in [1.82, 2.24) is 14.9 Å². The molecule has 0 radical (unpaired) electrons. The van der Waals surface area contributed by atoms with Gasteiger partial charge in [-0.15, -0.1) is 0 Å². The van der Waals surface area contributed by atoms with Gasteiger partial charge < -0.3 is 20.7 Å². The molecule has 0 aliphatic heterocycles. The molecule has 3 aromatic rings. The summed E-state index contributed by atoms with van der Waals surface area (Å²) in [6, 6.07) is 12.2. The average molecular weight is 447 g/mol. The third kappa shape index (κ3) is 4.57. The van der Waals surface area contributed by atoms with Gasteiger partial charge in [-0.25, -0.2) is 9.78 Å². The Morgan fingerprint density at radius 1 is 1.18 bits per heavy atom. The number of aryl methyl sites for hydroxylation is 1. The van der Waals surface area contributed by atoms with Gasteiger partial charge in [0.15, 0.2) is 5.78 Å². The first-order valence-corrected chi connectivity index (χ1v) is 10.7. The molecule has 1 aliphatic carbocycles. The fraction of sp³-hybridized carbons (Fsp3) is 0.250. The SMILES string of the molecule is C[C@@H](C(=O)Nc1cc(-c2[nH]c3c(c2Nc2ccccc2)C(=O)CCC3)ccn1)N(C)C(=O)O. The number of fused-ring (bicyclic) bond motifs is 1. The van der Waals surface area contributed by atoms with E-state index in [-0.39, 0.29) is 11.6 Å². The molecule has 0 unspecified atom stereocenters. The summed E-state index contributed by atoms with van der Waals surface area (Å²) in [5.74, 6) is -0.119. The first-order valence-electron chi connectivity index (χ1n) is 10.7. The second-order valence-corrected chi connectivity index (χ2v) is 7.98. The van der Waals surface area contributed by atoms with Crippen LogP contribution in [-0.4, -0.2) is 50.8 Å². The average Bonchev–Trinajstić information content (AvgIpc) is 3.18. The predicted molar refractivity (Wildman–Crippen MR) is 125 cm³/mol. The Morgan fingerprint density at radius 2 is 1.94 bits per heavy atom. The van der Waals surface area contributed by atoms with Crippen LogP contribution in [0.3, 0.4) is 0 Å². The maximum atomic E-state index is 12.8. The van der Waals surface area contributed by atoms with E-state index < -0.39 is 18.0 Å². The van der Waals surface area contributed by atoms with E-state index in [0.29, 0.717) is 17.7 Å². The number of rotatable bonds is 6. The molecule has 4 N–H and O–H groups in total. The summed E-state index contributed by atoms with van der Waals surface area (Å²) in [5, 5.41) is 15.2. The number of Topliss-reactive ketones (excluding diaryl/α,β-unsaturated/α-hetero) is 1. The van der Waals surface area contributed by atoms with E-state index in [0.717, 1.165) is 40.4 Å². The van der Waals surface area contributed by atoms with Crippen LogP contribution in [0.1, 0.15) is 35.8 Å². The van der Waals surface area contributed by atoms with E-state index in [1.807, 2.05) is 30.3 Å². The van der Waals surface area contributed by atoms with E-state index in [2.05, 4.69) is 20.6 Å². The fourth-order valence-electron chi connectivity index (χ4n) is 3.83. The third-order valence-electron chi connectivity index (χ3n) is 5.79. The number of carbonyl (C=O) groups excluding carboxylic acids is 2. The molecule has 0 bridgehead atoms. The van der Waals surface area contributed by atoms with E-state index >= 15 is 0 Å². The number of pyridine rings is 1. The fourth-order valence-corrected chi connectivity index (χ4v) is 3.83. The number of carboxylic acid groups (broad SMARTS) is 1. The Hall–Kier alpha value is -4.14.